The summed E-state index contributed by atoms with van der Waals surface area (Å²) < 4.78 is 18.2. The summed E-state index contributed by atoms with van der Waals surface area (Å²) in [6, 6.07) is 5.17. The van der Waals surface area contributed by atoms with Gasteiger partial charge >= 0.3 is 0 Å². The second-order valence-corrected chi connectivity index (χ2v) is 4.28. The number of alkyl halides is 1. The molecule has 0 amide bonds. The molecule has 1 rings (SSSR count). The summed E-state index contributed by atoms with van der Waals surface area (Å²) in [5.41, 5.74) is 1.54. The Kier molecular flexibility index (Phi) is 3.88. The van der Waals surface area contributed by atoms with E-state index in [1.165, 1.54) is 6.07 Å². The highest BCUT2D eigenvalue weighted by Crippen LogP contribution is 2.24. The maximum absolute atomic E-state index is 13.3. The predicted molar refractivity (Wildman–Crippen MR) is 54.5 cm³/mol. The lowest BCUT2D eigenvalue weighted by Gasteiger charge is -2.07. The molecule has 0 aliphatic carbocycles. The second-order valence-electron chi connectivity index (χ2n) is 2.90. The van der Waals surface area contributed by atoms with Crippen molar-refractivity contribution in [3.05, 3.63) is 35.1 Å². The summed E-state index contributed by atoms with van der Waals surface area (Å²) >= 11 is 3.33. The molecule has 0 bridgehead atoms. The van der Waals surface area contributed by atoms with Crippen molar-refractivity contribution in [2.45, 2.75) is 18.4 Å². The maximum Gasteiger partial charge on any atom is 0.127 e. The van der Waals surface area contributed by atoms with Crippen molar-refractivity contribution < 1.29 is 9.13 Å². The fourth-order valence-corrected chi connectivity index (χ4v) is 1.52. The maximum atomic E-state index is 13.3. The Morgan fingerprint density at radius 3 is 2.69 bits per heavy atom. The van der Waals surface area contributed by atoms with Crippen LogP contribution in [-0.4, -0.2) is 7.11 Å². The van der Waals surface area contributed by atoms with Crippen molar-refractivity contribution in [1.82, 2.24) is 0 Å². The van der Waals surface area contributed by atoms with Gasteiger partial charge in [-0.05, 0) is 18.6 Å². The van der Waals surface area contributed by atoms with Gasteiger partial charge in [-0.2, -0.15) is 0 Å². The van der Waals surface area contributed by atoms with Crippen LogP contribution in [-0.2, 0) is 11.3 Å². The Morgan fingerprint density at radius 1 is 1.54 bits per heavy atom. The van der Waals surface area contributed by atoms with Gasteiger partial charge in [0.1, 0.15) is 5.82 Å². The first-order valence-electron chi connectivity index (χ1n) is 4.06. The Bertz CT molecular complexity index is 286. The van der Waals surface area contributed by atoms with Crippen LogP contribution in [0.1, 0.15) is 22.9 Å². The lowest BCUT2D eigenvalue weighted by atomic mass is 10.1. The second kappa shape index (κ2) is 4.72. The van der Waals surface area contributed by atoms with E-state index in [0.29, 0.717) is 12.2 Å². The molecule has 3 heteroatoms. The van der Waals surface area contributed by atoms with Crippen LogP contribution in [0.5, 0.6) is 0 Å². The summed E-state index contributed by atoms with van der Waals surface area (Å²) in [5.74, 6) is -0.182. The summed E-state index contributed by atoms with van der Waals surface area (Å²) in [6.45, 7) is 2.35. The monoisotopic (exact) mass is 246 g/mol. The van der Waals surface area contributed by atoms with Gasteiger partial charge in [0.2, 0.25) is 0 Å². The zero-order chi connectivity index (χ0) is 9.84. The number of hydrogen-bond acceptors (Lipinski definition) is 1. The number of benzene rings is 1. The van der Waals surface area contributed by atoms with Crippen LogP contribution in [0.15, 0.2) is 18.2 Å². The molecule has 0 saturated carbocycles. The normalized spacial score (nSPS) is 12.9. The Morgan fingerprint density at radius 2 is 2.23 bits per heavy atom. The standard InChI is InChI=1S/C10H12BrFO/c1-7(11)9-4-3-8(6-13-2)5-10(9)12/h3-5,7H,6H2,1-2H3. The fraction of sp³-hybridized carbons (Fsp3) is 0.400. The van der Waals surface area contributed by atoms with Crippen molar-refractivity contribution in [2.75, 3.05) is 7.11 Å². The molecular formula is C10H12BrFO. The van der Waals surface area contributed by atoms with Gasteiger partial charge in [-0.25, -0.2) is 4.39 Å². The zero-order valence-electron chi connectivity index (χ0n) is 7.68. The van der Waals surface area contributed by atoms with Gasteiger partial charge in [-0.1, -0.05) is 28.1 Å². The molecule has 13 heavy (non-hydrogen) atoms. The zero-order valence-corrected chi connectivity index (χ0v) is 9.27. The Hall–Kier alpha value is -0.410. The van der Waals surface area contributed by atoms with Gasteiger partial charge in [0, 0.05) is 17.5 Å². The first-order valence-corrected chi connectivity index (χ1v) is 4.98. The van der Waals surface area contributed by atoms with Crippen LogP contribution in [0, 0.1) is 5.82 Å². The molecule has 0 spiro atoms. The van der Waals surface area contributed by atoms with Crippen molar-refractivity contribution in [1.29, 1.82) is 0 Å². The number of ether oxygens (including phenoxy) is 1. The average molecular weight is 247 g/mol. The van der Waals surface area contributed by atoms with Crippen molar-refractivity contribution >= 4 is 15.9 Å². The van der Waals surface area contributed by atoms with Crippen LogP contribution < -0.4 is 0 Å². The predicted octanol–water partition coefficient (Wildman–Crippen LogP) is 3.43. The quantitative estimate of drug-likeness (QED) is 0.743. The van der Waals surface area contributed by atoms with Crippen LogP contribution >= 0.6 is 15.9 Å². The topological polar surface area (TPSA) is 9.23 Å². The van der Waals surface area contributed by atoms with E-state index in [4.69, 9.17) is 4.74 Å². The smallest absolute Gasteiger partial charge is 0.127 e. The Balaban J connectivity index is 2.92. The molecule has 1 atom stereocenters. The molecule has 1 aromatic rings. The van der Waals surface area contributed by atoms with Crippen molar-refractivity contribution in [2.24, 2.45) is 0 Å². The van der Waals surface area contributed by atoms with E-state index in [1.807, 2.05) is 13.0 Å². The number of methoxy groups -OCH3 is 1. The highest BCUT2D eigenvalue weighted by Gasteiger charge is 2.07. The summed E-state index contributed by atoms with van der Waals surface area (Å²) in [4.78, 5) is 0.0455. The summed E-state index contributed by atoms with van der Waals surface area (Å²) in [6.07, 6.45) is 0. The van der Waals surface area contributed by atoms with E-state index in [0.717, 1.165) is 5.56 Å². The van der Waals surface area contributed by atoms with E-state index in [1.54, 1.807) is 13.2 Å². The van der Waals surface area contributed by atoms with Gasteiger partial charge in [-0.3, -0.25) is 0 Å². The lowest BCUT2D eigenvalue weighted by molar-refractivity contribution is 0.184. The molecule has 0 aliphatic heterocycles. The first-order chi connectivity index (χ1) is 6.15. The highest BCUT2D eigenvalue weighted by molar-refractivity contribution is 9.09. The minimum atomic E-state index is -0.182. The van der Waals surface area contributed by atoms with Gasteiger partial charge in [0.05, 0.1) is 6.61 Å². The minimum absolute atomic E-state index is 0.0455. The van der Waals surface area contributed by atoms with Crippen molar-refractivity contribution in [3.63, 3.8) is 0 Å². The summed E-state index contributed by atoms with van der Waals surface area (Å²) in [7, 11) is 1.60. The van der Waals surface area contributed by atoms with E-state index in [-0.39, 0.29) is 10.6 Å². The SMILES string of the molecule is COCc1ccc(C(C)Br)c(F)c1. The van der Waals surface area contributed by atoms with Crippen LogP contribution in [0.25, 0.3) is 0 Å². The molecule has 72 valence electrons. The largest absolute Gasteiger partial charge is 0.380 e. The van der Waals surface area contributed by atoms with Crippen LogP contribution in [0.4, 0.5) is 4.39 Å². The Labute approximate surface area is 86.0 Å². The molecule has 0 aromatic heterocycles. The molecule has 0 radical (unpaired) electrons. The van der Waals surface area contributed by atoms with Gasteiger partial charge in [0.25, 0.3) is 0 Å². The number of hydrogen-bond donors (Lipinski definition) is 0. The van der Waals surface area contributed by atoms with E-state index in [2.05, 4.69) is 15.9 Å². The molecule has 1 nitrogen and oxygen atoms in total. The molecule has 0 heterocycles. The van der Waals surface area contributed by atoms with Crippen molar-refractivity contribution in [3.8, 4) is 0 Å². The third-order valence-electron chi connectivity index (χ3n) is 1.80. The third kappa shape index (κ3) is 2.78. The molecule has 0 saturated heterocycles. The van der Waals surface area contributed by atoms with E-state index in [9.17, 15) is 4.39 Å². The average Bonchev–Trinajstić information content (AvgIpc) is 2.04. The van der Waals surface area contributed by atoms with E-state index >= 15 is 0 Å². The van der Waals surface area contributed by atoms with Crippen LogP contribution in [0.3, 0.4) is 0 Å². The van der Waals surface area contributed by atoms with Gasteiger partial charge < -0.3 is 4.74 Å². The number of rotatable bonds is 3. The lowest BCUT2D eigenvalue weighted by Crippen LogP contribution is -1.94. The molecule has 0 fully saturated rings. The van der Waals surface area contributed by atoms with E-state index < -0.39 is 0 Å². The molecule has 0 aliphatic rings. The van der Waals surface area contributed by atoms with Gasteiger partial charge in [-0.15, -0.1) is 0 Å². The number of halogens is 2. The molecule has 0 N–H and O–H groups in total. The fourth-order valence-electron chi connectivity index (χ4n) is 1.15. The molecule has 1 unspecified atom stereocenters. The first kappa shape index (κ1) is 10.7. The molecular weight excluding hydrogens is 235 g/mol. The third-order valence-corrected chi connectivity index (χ3v) is 2.30. The summed E-state index contributed by atoms with van der Waals surface area (Å²) in [5, 5.41) is 0. The van der Waals surface area contributed by atoms with Crippen LogP contribution in [0.2, 0.25) is 0 Å². The minimum Gasteiger partial charge on any atom is -0.380 e. The molecule has 1 aromatic carbocycles. The highest BCUT2D eigenvalue weighted by atomic mass is 79.9. The van der Waals surface area contributed by atoms with Gasteiger partial charge in [0.15, 0.2) is 0 Å².